The zero-order valence-corrected chi connectivity index (χ0v) is 9.86. The minimum Gasteiger partial charge on any atom is -0.401 e. The van der Waals surface area contributed by atoms with E-state index in [1.165, 1.54) is 6.07 Å². The minimum absolute atomic E-state index is 0.102. The first kappa shape index (κ1) is 13.7. The molecule has 0 atom stereocenters. The van der Waals surface area contributed by atoms with E-state index >= 15 is 0 Å². The van der Waals surface area contributed by atoms with Crippen LogP contribution >= 0.6 is 0 Å². The van der Waals surface area contributed by atoms with Crippen LogP contribution < -0.4 is 10.1 Å². The number of aromatic nitrogens is 1. The number of nitrogens with zero attached hydrogens (tertiary/aromatic N) is 1. The van der Waals surface area contributed by atoms with Crippen LogP contribution in [0.5, 0.6) is 5.75 Å². The number of anilines is 1. The van der Waals surface area contributed by atoms with Gasteiger partial charge in [0.15, 0.2) is 5.75 Å². The van der Waals surface area contributed by atoms with Crippen molar-refractivity contribution < 1.29 is 22.7 Å². The summed E-state index contributed by atoms with van der Waals surface area (Å²) in [7, 11) is 0. The predicted octanol–water partition coefficient (Wildman–Crippen LogP) is 3.31. The summed E-state index contributed by atoms with van der Waals surface area (Å²) < 4.78 is 42.2. The molecule has 1 aromatic heterocycles. The number of rotatable bonds is 2. The van der Waals surface area contributed by atoms with Gasteiger partial charge in [0, 0.05) is 6.20 Å². The molecule has 0 spiro atoms. The van der Waals surface area contributed by atoms with E-state index in [4.69, 9.17) is 4.74 Å². The fraction of sp³-hybridized carbons (Fsp3) is 0.0769. The van der Waals surface area contributed by atoms with E-state index in [9.17, 15) is 18.0 Å². The summed E-state index contributed by atoms with van der Waals surface area (Å²) in [6.07, 6.45) is -3.73. The van der Waals surface area contributed by atoms with Crippen LogP contribution in [-0.2, 0) is 6.18 Å². The molecule has 1 heterocycles. The first-order valence-electron chi connectivity index (χ1n) is 5.34. The molecule has 7 heteroatoms. The third-order valence-electron chi connectivity index (χ3n) is 2.14. The molecule has 0 aliphatic rings. The quantitative estimate of drug-likeness (QED) is 0.918. The molecule has 0 bridgehead atoms. The van der Waals surface area contributed by atoms with Crippen LogP contribution in [0.1, 0.15) is 5.56 Å². The fourth-order valence-corrected chi connectivity index (χ4v) is 1.30. The van der Waals surface area contributed by atoms with Crippen LogP contribution in [0.25, 0.3) is 0 Å². The number of ether oxygens (including phenoxy) is 1. The van der Waals surface area contributed by atoms with E-state index in [1.807, 2.05) is 0 Å². The summed E-state index contributed by atoms with van der Waals surface area (Å²) in [6.45, 7) is 0. The maximum absolute atomic E-state index is 12.5. The summed E-state index contributed by atoms with van der Waals surface area (Å²) in [5.41, 5.74) is -1.08. The molecule has 4 nitrogen and oxygen atoms in total. The second-order valence-corrected chi connectivity index (χ2v) is 3.63. The number of hydrogen-bond donors (Lipinski definition) is 1. The summed E-state index contributed by atoms with van der Waals surface area (Å²) in [4.78, 5) is 14.9. The SMILES string of the molecule is O=C(Nc1cncc(C(F)(F)F)c1)Oc1c#cccc1. The van der Waals surface area contributed by atoms with Gasteiger partial charge in [-0.25, -0.2) is 4.79 Å². The van der Waals surface area contributed by atoms with Gasteiger partial charge in [-0.2, -0.15) is 13.2 Å². The minimum atomic E-state index is -4.53. The zero-order valence-electron chi connectivity index (χ0n) is 9.86. The zero-order chi connectivity index (χ0) is 14.6. The topological polar surface area (TPSA) is 51.2 Å². The van der Waals surface area contributed by atoms with E-state index < -0.39 is 17.8 Å². The molecule has 1 aromatic carbocycles. The van der Waals surface area contributed by atoms with Crippen LogP contribution in [0.15, 0.2) is 36.7 Å². The monoisotopic (exact) mass is 280 g/mol. The lowest BCUT2D eigenvalue weighted by atomic mass is 10.2. The molecule has 0 saturated heterocycles. The second-order valence-electron chi connectivity index (χ2n) is 3.63. The molecule has 0 fully saturated rings. The van der Waals surface area contributed by atoms with E-state index in [2.05, 4.69) is 22.4 Å². The summed E-state index contributed by atoms with van der Waals surface area (Å²) in [5.74, 6) is 0.102. The smallest absolute Gasteiger partial charge is 0.401 e. The molecule has 1 amide bonds. The number of pyridine rings is 1. The Bertz CT molecular complexity index is 600. The molecule has 20 heavy (non-hydrogen) atoms. The lowest BCUT2D eigenvalue weighted by Crippen LogP contribution is -2.17. The number of carbonyl (C=O) groups excluding carboxylic acids is 1. The van der Waals surface area contributed by atoms with Crippen molar-refractivity contribution in [3.8, 4) is 5.75 Å². The van der Waals surface area contributed by atoms with Crippen molar-refractivity contribution in [3.05, 3.63) is 54.4 Å². The molecule has 0 aliphatic carbocycles. The third kappa shape index (κ3) is 3.62. The highest BCUT2D eigenvalue weighted by molar-refractivity contribution is 5.86. The van der Waals surface area contributed by atoms with E-state index in [1.54, 1.807) is 12.1 Å². The Morgan fingerprint density at radius 3 is 2.80 bits per heavy atom. The molecule has 2 aromatic rings. The van der Waals surface area contributed by atoms with E-state index in [-0.39, 0.29) is 11.4 Å². The van der Waals surface area contributed by atoms with Crippen LogP contribution in [-0.4, -0.2) is 11.1 Å². The van der Waals surface area contributed by atoms with Gasteiger partial charge in [0.1, 0.15) is 0 Å². The number of alkyl halides is 3. The van der Waals surface area contributed by atoms with Gasteiger partial charge in [-0.1, -0.05) is 6.07 Å². The Morgan fingerprint density at radius 2 is 2.15 bits per heavy atom. The highest BCUT2D eigenvalue weighted by atomic mass is 19.4. The third-order valence-corrected chi connectivity index (χ3v) is 2.14. The molecular formula is C13H7F3N2O2. The van der Waals surface area contributed by atoms with Crippen LogP contribution in [0, 0.1) is 12.1 Å². The van der Waals surface area contributed by atoms with Gasteiger partial charge in [-0.3, -0.25) is 10.3 Å². The normalized spacial score (nSPS) is 10.6. The van der Waals surface area contributed by atoms with Gasteiger partial charge in [0.25, 0.3) is 0 Å². The molecule has 1 N–H and O–H groups in total. The molecule has 0 unspecified atom stereocenters. The van der Waals surface area contributed by atoms with Gasteiger partial charge < -0.3 is 4.74 Å². The van der Waals surface area contributed by atoms with E-state index in [0.717, 1.165) is 12.3 Å². The molecule has 0 radical (unpaired) electrons. The van der Waals surface area contributed by atoms with Crippen molar-refractivity contribution in [2.24, 2.45) is 0 Å². The van der Waals surface area contributed by atoms with Gasteiger partial charge in [0.05, 0.1) is 17.4 Å². The highest BCUT2D eigenvalue weighted by Gasteiger charge is 2.31. The average Bonchev–Trinajstić information content (AvgIpc) is 2.39. The predicted molar refractivity (Wildman–Crippen MR) is 63.0 cm³/mol. The van der Waals surface area contributed by atoms with Gasteiger partial charge in [0.2, 0.25) is 0 Å². The molecule has 2 rings (SSSR count). The summed E-state index contributed by atoms with van der Waals surface area (Å²) in [5, 5.41) is 2.15. The van der Waals surface area contributed by atoms with Crippen LogP contribution in [0.4, 0.5) is 23.7 Å². The Labute approximate surface area is 112 Å². The van der Waals surface area contributed by atoms with Crippen molar-refractivity contribution in [1.82, 2.24) is 4.98 Å². The molecule has 0 saturated carbocycles. The summed E-state index contributed by atoms with van der Waals surface area (Å²) in [6, 6.07) is 10.4. The Morgan fingerprint density at radius 1 is 1.35 bits per heavy atom. The average molecular weight is 280 g/mol. The van der Waals surface area contributed by atoms with Crippen molar-refractivity contribution >= 4 is 11.8 Å². The largest absolute Gasteiger partial charge is 0.417 e. The summed E-state index contributed by atoms with van der Waals surface area (Å²) >= 11 is 0. The standard InChI is InChI=1S/C13H7F3N2O2/c14-13(15,16)9-6-10(8-17-7-9)18-12(19)20-11-4-2-1-3-5-11/h1-2,4,6-8H,(H,18,19). The number of carbonyl (C=O) groups is 1. The van der Waals surface area contributed by atoms with Crippen LogP contribution in [0.3, 0.4) is 0 Å². The van der Waals surface area contributed by atoms with Crippen molar-refractivity contribution in [3.63, 3.8) is 0 Å². The molecular weight excluding hydrogens is 273 g/mol. The fourth-order valence-electron chi connectivity index (χ4n) is 1.30. The maximum Gasteiger partial charge on any atom is 0.417 e. The molecule has 102 valence electrons. The van der Waals surface area contributed by atoms with Gasteiger partial charge >= 0.3 is 12.3 Å². The highest BCUT2D eigenvalue weighted by Crippen LogP contribution is 2.29. The van der Waals surface area contributed by atoms with Gasteiger partial charge in [-0.15, -0.1) is 0 Å². The number of halogens is 3. The van der Waals surface area contributed by atoms with E-state index in [0.29, 0.717) is 6.20 Å². The Kier molecular flexibility index (Phi) is 3.75. The van der Waals surface area contributed by atoms with Crippen molar-refractivity contribution in [1.29, 1.82) is 0 Å². The number of amides is 1. The maximum atomic E-state index is 12.5. The first-order valence-corrected chi connectivity index (χ1v) is 5.34. The lowest BCUT2D eigenvalue weighted by Gasteiger charge is -2.09. The lowest BCUT2D eigenvalue weighted by molar-refractivity contribution is -0.137. The van der Waals surface area contributed by atoms with Gasteiger partial charge in [-0.05, 0) is 30.3 Å². The van der Waals surface area contributed by atoms with Crippen molar-refractivity contribution in [2.75, 3.05) is 5.32 Å². The molecule has 0 aliphatic heterocycles. The van der Waals surface area contributed by atoms with Crippen molar-refractivity contribution in [2.45, 2.75) is 6.18 Å². The number of hydrogen-bond acceptors (Lipinski definition) is 3. The second kappa shape index (κ2) is 5.48. The van der Waals surface area contributed by atoms with Crippen LogP contribution in [0.2, 0.25) is 0 Å². The Hall–Kier alpha value is -2.75. The first-order chi connectivity index (χ1) is 9.45. The Balaban J connectivity index is 2.05. The number of nitrogens with one attached hydrogen (secondary N) is 1.